The van der Waals surface area contributed by atoms with Crippen LogP contribution in [0.2, 0.25) is 5.02 Å². The second-order valence-electron chi connectivity index (χ2n) is 4.49. The molecule has 3 heteroatoms. The summed E-state index contributed by atoms with van der Waals surface area (Å²) in [5, 5.41) is 5.56. The van der Waals surface area contributed by atoms with E-state index in [1.165, 1.54) is 24.8 Å². The average Bonchev–Trinajstić information content (AvgIpc) is 2.61. The van der Waals surface area contributed by atoms with Crippen molar-refractivity contribution in [3.63, 3.8) is 0 Å². The van der Waals surface area contributed by atoms with Crippen molar-refractivity contribution in [2.45, 2.75) is 31.8 Å². The molecule has 1 fully saturated rings. The third-order valence-electron chi connectivity index (χ3n) is 3.42. The van der Waals surface area contributed by atoms with Crippen molar-refractivity contribution in [3.05, 3.63) is 35.0 Å². The lowest BCUT2D eigenvalue weighted by Gasteiger charge is -2.26. The van der Waals surface area contributed by atoms with Gasteiger partial charge in [-0.3, -0.25) is 0 Å². The van der Waals surface area contributed by atoms with Gasteiger partial charge < -0.3 is 10.3 Å². The van der Waals surface area contributed by atoms with Crippen LogP contribution in [0.15, 0.2) is 24.4 Å². The molecule has 0 bridgehead atoms. The molecule has 1 heterocycles. The summed E-state index contributed by atoms with van der Waals surface area (Å²) in [6.45, 7) is 0.911. The number of hydrogen-bond acceptors (Lipinski definition) is 1. The van der Waals surface area contributed by atoms with Gasteiger partial charge in [-0.05, 0) is 30.5 Å². The van der Waals surface area contributed by atoms with Crippen LogP contribution in [0.5, 0.6) is 0 Å². The number of fused-ring (bicyclic) bond motifs is 1. The van der Waals surface area contributed by atoms with Crippen LogP contribution in [0, 0.1) is 0 Å². The molecule has 16 heavy (non-hydrogen) atoms. The maximum absolute atomic E-state index is 6.22. The van der Waals surface area contributed by atoms with Crippen LogP contribution in [0.4, 0.5) is 0 Å². The van der Waals surface area contributed by atoms with Crippen LogP contribution < -0.4 is 5.32 Å². The number of aromatic amines is 1. The van der Waals surface area contributed by atoms with Crippen LogP contribution >= 0.6 is 11.6 Å². The number of nitrogens with one attached hydrogen (secondary N) is 2. The van der Waals surface area contributed by atoms with Gasteiger partial charge in [-0.2, -0.15) is 0 Å². The maximum atomic E-state index is 6.22. The molecule has 1 aromatic heterocycles. The lowest BCUT2D eigenvalue weighted by molar-refractivity contribution is 0.338. The monoisotopic (exact) mass is 234 g/mol. The SMILES string of the molecule is Clc1cccc2[nH]cc(CNC3CCC3)c12. The van der Waals surface area contributed by atoms with Crippen LogP contribution in [0.1, 0.15) is 24.8 Å². The third kappa shape index (κ3) is 1.72. The average molecular weight is 235 g/mol. The fourth-order valence-electron chi connectivity index (χ4n) is 2.21. The van der Waals surface area contributed by atoms with E-state index in [9.17, 15) is 0 Å². The highest BCUT2D eigenvalue weighted by Gasteiger charge is 2.17. The Morgan fingerprint density at radius 1 is 1.38 bits per heavy atom. The molecule has 1 aliphatic carbocycles. The van der Waals surface area contributed by atoms with E-state index in [0.29, 0.717) is 6.04 Å². The Labute approximate surface area is 100.0 Å². The van der Waals surface area contributed by atoms with Gasteiger partial charge in [-0.1, -0.05) is 24.1 Å². The minimum atomic E-state index is 0.715. The maximum Gasteiger partial charge on any atom is 0.0503 e. The zero-order valence-electron chi connectivity index (χ0n) is 9.09. The Balaban J connectivity index is 1.85. The van der Waals surface area contributed by atoms with Crippen molar-refractivity contribution in [1.82, 2.24) is 10.3 Å². The standard InChI is InChI=1S/C13H15ClN2/c14-11-5-2-6-12-13(11)9(8-16-12)7-15-10-3-1-4-10/h2,5-6,8,10,15-16H,1,3-4,7H2. The predicted octanol–water partition coefficient (Wildman–Crippen LogP) is 3.46. The molecule has 0 spiro atoms. The molecule has 1 aliphatic rings. The molecule has 2 N–H and O–H groups in total. The lowest BCUT2D eigenvalue weighted by Crippen LogP contribution is -2.34. The number of benzene rings is 1. The van der Waals surface area contributed by atoms with Gasteiger partial charge in [0.15, 0.2) is 0 Å². The molecule has 2 aromatic rings. The second kappa shape index (κ2) is 4.11. The molecule has 1 aromatic carbocycles. The van der Waals surface area contributed by atoms with Crippen LogP contribution in [0.25, 0.3) is 10.9 Å². The zero-order valence-corrected chi connectivity index (χ0v) is 9.85. The zero-order chi connectivity index (χ0) is 11.0. The van der Waals surface area contributed by atoms with Crippen molar-refractivity contribution in [1.29, 1.82) is 0 Å². The van der Waals surface area contributed by atoms with Crippen LogP contribution in [-0.2, 0) is 6.54 Å². The topological polar surface area (TPSA) is 27.8 Å². The Hall–Kier alpha value is -0.990. The van der Waals surface area contributed by atoms with Gasteiger partial charge >= 0.3 is 0 Å². The number of hydrogen-bond donors (Lipinski definition) is 2. The molecular weight excluding hydrogens is 220 g/mol. The normalized spacial score (nSPS) is 16.6. The minimum Gasteiger partial charge on any atom is -0.361 e. The van der Waals surface area contributed by atoms with E-state index >= 15 is 0 Å². The largest absolute Gasteiger partial charge is 0.361 e. The van der Waals surface area contributed by atoms with Gasteiger partial charge in [0.25, 0.3) is 0 Å². The van der Waals surface area contributed by atoms with Gasteiger partial charge in [0.2, 0.25) is 0 Å². The Morgan fingerprint density at radius 2 is 2.25 bits per heavy atom. The second-order valence-corrected chi connectivity index (χ2v) is 4.89. The number of H-pyrrole nitrogens is 1. The summed E-state index contributed by atoms with van der Waals surface area (Å²) in [6, 6.07) is 6.70. The Bertz CT molecular complexity index is 500. The highest BCUT2D eigenvalue weighted by Crippen LogP contribution is 2.27. The van der Waals surface area contributed by atoms with Gasteiger partial charge in [0.1, 0.15) is 0 Å². The first-order valence-electron chi connectivity index (χ1n) is 5.82. The highest BCUT2D eigenvalue weighted by atomic mass is 35.5. The molecule has 2 nitrogen and oxygen atoms in total. The first-order valence-corrected chi connectivity index (χ1v) is 6.20. The van der Waals surface area contributed by atoms with E-state index in [1.54, 1.807) is 0 Å². The molecular formula is C13H15ClN2. The van der Waals surface area contributed by atoms with Crippen molar-refractivity contribution >= 4 is 22.5 Å². The smallest absolute Gasteiger partial charge is 0.0503 e. The molecule has 0 aliphatic heterocycles. The molecule has 0 atom stereocenters. The number of aromatic nitrogens is 1. The summed E-state index contributed by atoms with van der Waals surface area (Å²) in [7, 11) is 0. The van der Waals surface area contributed by atoms with Crippen molar-refractivity contribution in [2.24, 2.45) is 0 Å². The van der Waals surface area contributed by atoms with Crippen LogP contribution in [0.3, 0.4) is 0 Å². The third-order valence-corrected chi connectivity index (χ3v) is 3.74. The number of rotatable bonds is 3. The highest BCUT2D eigenvalue weighted by molar-refractivity contribution is 6.35. The molecule has 84 valence electrons. The van der Waals surface area contributed by atoms with E-state index in [4.69, 9.17) is 11.6 Å². The fourth-order valence-corrected chi connectivity index (χ4v) is 2.51. The molecule has 1 saturated carbocycles. The summed E-state index contributed by atoms with van der Waals surface area (Å²) < 4.78 is 0. The summed E-state index contributed by atoms with van der Waals surface area (Å²) in [5.41, 5.74) is 2.39. The summed E-state index contributed by atoms with van der Waals surface area (Å²) in [6.07, 6.45) is 6.06. The van der Waals surface area contributed by atoms with Crippen molar-refractivity contribution in [2.75, 3.05) is 0 Å². The molecule has 0 amide bonds. The Kier molecular flexibility index (Phi) is 2.62. The van der Waals surface area contributed by atoms with E-state index in [-0.39, 0.29) is 0 Å². The summed E-state index contributed by atoms with van der Waals surface area (Å²) in [5.74, 6) is 0. The van der Waals surface area contributed by atoms with E-state index in [1.807, 2.05) is 12.1 Å². The van der Waals surface area contributed by atoms with Gasteiger partial charge in [0.05, 0.1) is 5.02 Å². The lowest BCUT2D eigenvalue weighted by atomic mass is 9.93. The minimum absolute atomic E-state index is 0.715. The number of halogens is 1. The summed E-state index contributed by atoms with van der Waals surface area (Å²) >= 11 is 6.22. The first-order chi connectivity index (χ1) is 7.84. The molecule has 3 rings (SSSR count). The van der Waals surface area contributed by atoms with Gasteiger partial charge in [-0.25, -0.2) is 0 Å². The Morgan fingerprint density at radius 3 is 3.00 bits per heavy atom. The van der Waals surface area contributed by atoms with Crippen LogP contribution in [-0.4, -0.2) is 11.0 Å². The van der Waals surface area contributed by atoms with Crippen molar-refractivity contribution in [3.8, 4) is 0 Å². The fraction of sp³-hybridized carbons (Fsp3) is 0.385. The van der Waals surface area contributed by atoms with E-state index in [0.717, 1.165) is 22.5 Å². The van der Waals surface area contributed by atoms with Gasteiger partial charge in [0, 0.05) is 29.7 Å². The van der Waals surface area contributed by atoms with Gasteiger partial charge in [-0.15, -0.1) is 0 Å². The molecule has 0 unspecified atom stereocenters. The van der Waals surface area contributed by atoms with Crippen molar-refractivity contribution < 1.29 is 0 Å². The van der Waals surface area contributed by atoms with E-state index < -0.39 is 0 Å². The molecule has 0 saturated heterocycles. The predicted molar refractivity (Wildman–Crippen MR) is 67.8 cm³/mol. The van der Waals surface area contributed by atoms with E-state index in [2.05, 4.69) is 22.6 Å². The summed E-state index contributed by atoms with van der Waals surface area (Å²) in [4.78, 5) is 3.26. The first kappa shape index (κ1) is 10.2. The quantitative estimate of drug-likeness (QED) is 0.837. The molecule has 0 radical (unpaired) electrons.